The van der Waals surface area contributed by atoms with E-state index >= 15 is 0 Å². The molecule has 1 amide bonds. The number of carboxylic acid groups (broad SMARTS) is 1. The third-order valence-corrected chi connectivity index (χ3v) is 2.08. The van der Waals surface area contributed by atoms with E-state index in [1.165, 1.54) is 6.20 Å². The fourth-order valence-electron chi connectivity index (χ4n) is 1.24. The van der Waals surface area contributed by atoms with Crippen LogP contribution in [0, 0.1) is 0 Å². The van der Waals surface area contributed by atoms with Crippen LogP contribution in [0.3, 0.4) is 0 Å². The lowest BCUT2D eigenvalue weighted by molar-refractivity contribution is -0.130. The van der Waals surface area contributed by atoms with Gasteiger partial charge in [0, 0.05) is 26.1 Å². The zero-order valence-electron chi connectivity index (χ0n) is 10.3. The van der Waals surface area contributed by atoms with E-state index in [0.717, 1.165) is 6.92 Å². The predicted octanol–water partition coefficient (Wildman–Crippen LogP) is 0.525. The van der Waals surface area contributed by atoms with Crippen LogP contribution in [0.5, 0.6) is 0 Å². The van der Waals surface area contributed by atoms with Crippen LogP contribution in [0.25, 0.3) is 0 Å². The van der Waals surface area contributed by atoms with Gasteiger partial charge in [0.15, 0.2) is 11.5 Å². The minimum absolute atomic E-state index is 0.0271. The van der Waals surface area contributed by atoms with E-state index < -0.39 is 17.5 Å². The number of pyridine rings is 1. The number of hydrogen-bond acceptors (Lipinski definition) is 5. The second-order valence-corrected chi connectivity index (χ2v) is 3.60. The number of aliphatic carboxylic acids is 1. The van der Waals surface area contributed by atoms with E-state index in [1.54, 1.807) is 18.2 Å². The molecule has 7 nitrogen and oxygen atoms in total. The Morgan fingerprint density at radius 2 is 2.11 bits per heavy atom. The fraction of sp³-hybridized carbons (Fsp3) is 0.250. The van der Waals surface area contributed by atoms with Gasteiger partial charge >= 0.3 is 5.97 Å². The smallest absolute Gasteiger partial charge is 0.357 e. The highest BCUT2D eigenvalue weighted by Gasteiger charge is 2.14. The molecule has 0 aromatic carbocycles. The van der Waals surface area contributed by atoms with Gasteiger partial charge in [-0.2, -0.15) is 0 Å². The summed E-state index contributed by atoms with van der Waals surface area (Å²) in [5.41, 5.74) is -0.550. The molecule has 0 aliphatic heterocycles. The Balaban J connectivity index is 2.49. The van der Waals surface area contributed by atoms with Gasteiger partial charge in [0.05, 0.1) is 0 Å². The summed E-state index contributed by atoms with van der Waals surface area (Å²) in [6.45, 7) is 1.04. The largest absolute Gasteiger partial charge is 0.476 e. The van der Waals surface area contributed by atoms with Crippen LogP contribution in [0.2, 0.25) is 0 Å². The Morgan fingerprint density at radius 1 is 1.37 bits per heavy atom. The summed E-state index contributed by atoms with van der Waals surface area (Å²) in [4.78, 5) is 40.5. The van der Waals surface area contributed by atoms with Crippen molar-refractivity contribution in [3.63, 3.8) is 0 Å². The monoisotopic (exact) mass is 263 g/mol. The van der Waals surface area contributed by atoms with Gasteiger partial charge < -0.3 is 10.4 Å². The lowest BCUT2D eigenvalue weighted by atomic mass is 10.2. The molecule has 0 saturated carbocycles. The Bertz CT molecular complexity index is 495. The zero-order chi connectivity index (χ0) is 14.3. The first kappa shape index (κ1) is 14.5. The Morgan fingerprint density at radius 3 is 2.63 bits per heavy atom. The van der Waals surface area contributed by atoms with Crippen molar-refractivity contribution in [2.45, 2.75) is 13.3 Å². The number of anilines is 1. The number of aliphatic imine (C=N–C) groups is 1. The maximum absolute atomic E-state index is 11.5. The number of carboxylic acids is 1. The molecule has 0 radical (unpaired) electrons. The number of rotatable bonds is 6. The molecule has 2 N–H and O–H groups in total. The normalized spacial score (nSPS) is 10.9. The van der Waals surface area contributed by atoms with Crippen molar-refractivity contribution in [2.24, 2.45) is 4.99 Å². The standard InChI is InChI=1S/C12H13N3O4/c1-8(16)11(12(18)19)14-7-5-10(17)15-9-4-2-3-6-13-9/h2-4,6H,5,7H2,1H3,(H,18,19)(H,13,15,17). The van der Waals surface area contributed by atoms with Crippen LogP contribution in [0.15, 0.2) is 29.4 Å². The molecule has 19 heavy (non-hydrogen) atoms. The summed E-state index contributed by atoms with van der Waals surface area (Å²) in [5.74, 6) is -1.98. The highest BCUT2D eigenvalue weighted by atomic mass is 16.4. The predicted molar refractivity (Wildman–Crippen MR) is 68.1 cm³/mol. The van der Waals surface area contributed by atoms with Crippen LogP contribution < -0.4 is 5.32 Å². The molecule has 1 rings (SSSR count). The quantitative estimate of drug-likeness (QED) is 0.574. The third-order valence-electron chi connectivity index (χ3n) is 2.08. The number of carbonyl (C=O) groups is 3. The molecule has 0 fully saturated rings. The van der Waals surface area contributed by atoms with E-state index in [-0.39, 0.29) is 18.9 Å². The van der Waals surface area contributed by atoms with Gasteiger partial charge in [-0.25, -0.2) is 9.78 Å². The van der Waals surface area contributed by atoms with Crippen LogP contribution in [0.4, 0.5) is 5.82 Å². The van der Waals surface area contributed by atoms with Crippen molar-refractivity contribution in [3.05, 3.63) is 24.4 Å². The van der Waals surface area contributed by atoms with Crippen molar-refractivity contribution in [1.82, 2.24) is 4.98 Å². The van der Waals surface area contributed by atoms with Crippen LogP contribution in [0.1, 0.15) is 13.3 Å². The third kappa shape index (κ3) is 5.07. The van der Waals surface area contributed by atoms with Crippen molar-refractivity contribution in [1.29, 1.82) is 0 Å². The number of ketones is 1. The number of nitrogens with one attached hydrogen (secondary N) is 1. The maximum atomic E-state index is 11.5. The minimum Gasteiger partial charge on any atom is -0.476 e. The van der Waals surface area contributed by atoms with E-state index in [9.17, 15) is 14.4 Å². The molecule has 0 bridgehead atoms. The highest BCUT2D eigenvalue weighted by Crippen LogP contribution is 2.00. The van der Waals surface area contributed by atoms with Gasteiger partial charge in [0.25, 0.3) is 0 Å². The molecule has 1 aromatic heterocycles. The second kappa shape index (κ2) is 7.00. The summed E-state index contributed by atoms with van der Waals surface area (Å²) in [6.07, 6.45) is 1.51. The van der Waals surface area contributed by atoms with Crippen molar-refractivity contribution in [2.75, 3.05) is 11.9 Å². The SMILES string of the molecule is CC(=O)C(=NCCC(=O)Nc1ccccn1)C(=O)O. The van der Waals surface area contributed by atoms with Gasteiger partial charge in [-0.1, -0.05) is 6.07 Å². The molecule has 0 spiro atoms. The molecule has 7 heteroatoms. The number of Topliss-reactive ketones (excluding diaryl/α,β-unsaturated/α-hetero) is 1. The summed E-state index contributed by atoms with van der Waals surface area (Å²) in [5, 5.41) is 11.2. The molecule has 1 aromatic rings. The van der Waals surface area contributed by atoms with E-state index in [2.05, 4.69) is 15.3 Å². The van der Waals surface area contributed by atoms with Crippen molar-refractivity contribution in [3.8, 4) is 0 Å². The molecule has 0 atom stereocenters. The van der Waals surface area contributed by atoms with Crippen molar-refractivity contribution < 1.29 is 19.5 Å². The summed E-state index contributed by atoms with van der Waals surface area (Å²) in [6, 6.07) is 5.06. The zero-order valence-corrected chi connectivity index (χ0v) is 10.3. The van der Waals surface area contributed by atoms with E-state index in [0.29, 0.717) is 5.82 Å². The summed E-state index contributed by atoms with van der Waals surface area (Å²) < 4.78 is 0. The average Bonchev–Trinajstić information content (AvgIpc) is 2.34. The topological polar surface area (TPSA) is 109 Å². The summed E-state index contributed by atoms with van der Waals surface area (Å²) in [7, 11) is 0. The second-order valence-electron chi connectivity index (χ2n) is 3.60. The molecule has 0 aliphatic rings. The number of hydrogen-bond donors (Lipinski definition) is 2. The Labute approximate surface area is 109 Å². The van der Waals surface area contributed by atoms with Crippen LogP contribution in [-0.2, 0) is 14.4 Å². The first-order chi connectivity index (χ1) is 9.00. The maximum Gasteiger partial charge on any atom is 0.357 e. The van der Waals surface area contributed by atoms with Crippen LogP contribution in [-0.4, -0.2) is 40.0 Å². The van der Waals surface area contributed by atoms with Crippen molar-refractivity contribution >= 4 is 29.2 Å². The number of aromatic nitrogens is 1. The lowest BCUT2D eigenvalue weighted by Gasteiger charge is -2.02. The van der Waals surface area contributed by atoms with Gasteiger partial charge in [-0.05, 0) is 12.1 Å². The lowest BCUT2D eigenvalue weighted by Crippen LogP contribution is -2.22. The molecular weight excluding hydrogens is 250 g/mol. The first-order valence-electron chi connectivity index (χ1n) is 5.50. The van der Waals surface area contributed by atoms with E-state index in [4.69, 9.17) is 5.11 Å². The van der Waals surface area contributed by atoms with Gasteiger partial charge in [0.1, 0.15) is 5.82 Å². The molecule has 0 saturated heterocycles. The van der Waals surface area contributed by atoms with E-state index in [1.807, 2.05) is 0 Å². The summed E-state index contributed by atoms with van der Waals surface area (Å²) >= 11 is 0. The van der Waals surface area contributed by atoms with Gasteiger partial charge in [-0.3, -0.25) is 14.6 Å². The minimum atomic E-state index is -1.39. The Hall–Kier alpha value is -2.57. The number of amides is 1. The first-order valence-corrected chi connectivity index (χ1v) is 5.50. The molecule has 0 aliphatic carbocycles. The molecular formula is C12H13N3O4. The Kier molecular flexibility index (Phi) is 5.34. The number of carbonyl (C=O) groups excluding carboxylic acids is 2. The van der Waals surface area contributed by atoms with Crippen LogP contribution >= 0.6 is 0 Å². The van der Waals surface area contributed by atoms with Gasteiger partial charge in [-0.15, -0.1) is 0 Å². The number of nitrogens with zero attached hydrogens (tertiary/aromatic N) is 2. The molecule has 100 valence electrons. The fourth-order valence-corrected chi connectivity index (χ4v) is 1.24. The highest BCUT2D eigenvalue weighted by molar-refractivity contribution is 6.63. The molecule has 0 unspecified atom stereocenters. The van der Waals surface area contributed by atoms with Gasteiger partial charge in [0.2, 0.25) is 5.91 Å². The molecule has 1 heterocycles. The average molecular weight is 263 g/mol.